The van der Waals surface area contributed by atoms with Gasteiger partial charge < -0.3 is 4.74 Å². The predicted molar refractivity (Wildman–Crippen MR) is 86.1 cm³/mol. The summed E-state index contributed by atoms with van der Waals surface area (Å²) in [6, 6.07) is 8.68. The van der Waals surface area contributed by atoms with E-state index in [1.165, 1.54) is 4.31 Å². The topological polar surface area (TPSA) is 59.5 Å². The Bertz CT molecular complexity index is 776. The van der Waals surface area contributed by atoms with E-state index in [1.54, 1.807) is 18.2 Å². The van der Waals surface area contributed by atoms with Gasteiger partial charge in [0, 0.05) is 18.3 Å². The molecule has 3 heterocycles. The highest BCUT2D eigenvalue weighted by atomic mass is 35.5. The highest BCUT2D eigenvalue weighted by Crippen LogP contribution is 2.30. The van der Waals surface area contributed by atoms with Crippen LogP contribution in [0.5, 0.6) is 5.88 Å². The minimum atomic E-state index is -3.48. The molecule has 5 nitrogen and oxygen atoms in total. The largest absolute Gasteiger partial charge is 0.473 e. The van der Waals surface area contributed by atoms with Crippen molar-refractivity contribution in [3.63, 3.8) is 0 Å². The fraction of sp³-hybridized carbons (Fsp3) is 0.357. The summed E-state index contributed by atoms with van der Waals surface area (Å²) < 4.78 is 33.0. The van der Waals surface area contributed by atoms with Crippen molar-refractivity contribution in [2.24, 2.45) is 0 Å². The molecule has 1 unspecified atom stereocenters. The predicted octanol–water partition coefficient (Wildman–Crippen LogP) is 2.95. The Labute approximate surface area is 138 Å². The lowest BCUT2D eigenvalue weighted by Crippen LogP contribution is -2.30. The van der Waals surface area contributed by atoms with Crippen LogP contribution in [0.2, 0.25) is 4.34 Å². The van der Waals surface area contributed by atoms with Crippen molar-refractivity contribution < 1.29 is 13.2 Å². The SMILES string of the molecule is Cc1cccc(OC2CCN(S(=O)(=O)c3ccc(Cl)s3)C2)n1. The van der Waals surface area contributed by atoms with Crippen molar-refractivity contribution >= 4 is 33.0 Å². The molecule has 0 aliphatic carbocycles. The minimum absolute atomic E-state index is 0.181. The van der Waals surface area contributed by atoms with Crippen molar-refractivity contribution in [2.45, 2.75) is 23.7 Å². The number of ether oxygens (including phenoxy) is 1. The molecule has 0 saturated carbocycles. The van der Waals surface area contributed by atoms with Crippen LogP contribution >= 0.6 is 22.9 Å². The van der Waals surface area contributed by atoms with Gasteiger partial charge in [0.1, 0.15) is 10.3 Å². The summed E-state index contributed by atoms with van der Waals surface area (Å²) in [5.74, 6) is 0.531. The number of aryl methyl sites for hydroxylation is 1. The van der Waals surface area contributed by atoms with Crippen molar-refractivity contribution in [2.75, 3.05) is 13.1 Å². The standard InChI is InChI=1S/C14H15ClN2O3S2/c1-10-3-2-4-13(16-10)20-11-7-8-17(9-11)22(18,19)14-6-5-12(15)21-14/h2-6,11H,7-9H2,1H3. The molecule has 0 radical (unpaired) electrons. The van der Waals surface area contributed by atoms with Gasteiger partial charge in [-0.3, -0.25) is 0 Å². The van der Waals surface area contributed by atoms with Crippen LogP contribution in [-0.4, -0.2) is 36.9 Å². The maximum atomic E-state index is 12.5. The first-order chi connectivity index (χ1) is 10.4. The van der Waals surface area contributed by atoms with E-state index in [9.17, 15) is 8.42 Å². The van der Waals surface area contributed by atoms with Gasteiger partial charge >= 0.3 is 0 Å². The van der Waals surface area contributed by atoms with Crippen LogP contribution in [0.3, 0.4) is 0 Å². The molecule has 3 rings (SSSR count). The molecule has 0 bridgehead atoms. The Balaban J connectivity index is 1.69. The number of hydrogen-bond donors (Lipinski definition) is 0. The zero-order valence-electron chi connectivity index (χ0n) is 11.9. The first kappa shape index (κ1) is 15.7. The average molecular weight is 359 g/mol. The number of aromatic nitrogens is 1. The van der Waals surface area contributed by atoms with Crippen LogP contribution in [0, 0.1) is 6.92 Å². The molecule has 22 heavy (non-hydrogen) atoms. The van der Waals surface area contributed by atoms with Gasteiger partial charge in [-0.05, 0) is 31.5 Å². The average Bonchev–Trinajstić information content (AvgIpc) is 3.08. The Morgan fingerprint density at radius 3 is 2.86 bits per heavy atom. The molecule has 118 valence electrons. The van der Waals surface area contributed by atoms with E-state index in [4.69, 9.17) is 16.3 Å². The summed E-state index contributed by atoms with van der Waals surface area (Å²) in [7, 11) is -3.48. The smallest absolute Gasteiger partial charge is 0.252 e. The number of rotatable bonds is 4. The maximum absolute atomic E-state index is 12.5. The minimum Gasteiger partial charge on any atom is -0.473 e. The second kappa shape index (κ2) is 6.16. The first-order valence-corrected chi connectivity index (χ1v) is 9.44. The Hall–Kier alpha value is -1.15. The summed E-state index contributed by atoms with van der Waals surface area (Å²) >= 11 is 6.90. The number of nitrogens with zero attached hydrogens (tertiary/aromatic N) is 2. The van der Waals surface area contributed by atoms with Gasteiger partial charge in [0.2, 0.25) is 5.88 Å². The Morgan fingerprint density at radius 2 is 2.18 bits per heavy atom. The van der Waals surface area contributed by atoms with Gasteiger partial charge in [-0.2, -0.15) is 4.31 Å². The molecule has 1 fully saturated rings. The molecule has 0 aromatic carbocycles. The molecule has 0 N–H and O–H groups in total. The quantitative estimate of drug-likeness (QED) is 0.843. The lowest BCUT2D eigenvalue weighted by molar-refractivity contribution is 0.206. The second-order valence-corrected chi connectivity index (χ2v) is 8.95. The van der Waals surface area contributed by atoms with Crippen molar-refractivity contribution in [3.8, 4) is 5.88 Å². The third-order valence-corrected chi connectivity index (χ3v) is 6.96. The van der Waals surface area contributed by atoms with Crippen molar-refractivity contribution in [3.05, 3.63) is 40.4 Å². The first-order valence-electron chi connectivity index (χ1n) is 6.81. The maximum Gasteiger partial charge on any atom is 0.252 e. The molecule has 0 amide bonds. The van der Waals surface area contributed by atoms with Crippen LogP contribution in [0.25, 0.3) is 0 Å². The summed E-state index contributed by atoms with van der Waals surface area (Å²) in [4.78, 5) is 4.28. The van der Waals surface area contributed by atoms with E-state index in [-0.39, 0.29) is 10.3 Å². The third-order valence-electron chi connectivity index (χ3n) is 3.40. The van der Waals surface area contributed by atoms with Crippen molar-refractivity contribution in [1.82, 2.24) is 9.29 Å². The molecule has 1 aliphatic rings. The fourth-order valence-electron chi connectivity index (χ4n) is 2.33. The Morgan fingerprint density at radius 1 is 1.36 bits per heavy atom. The Kier molecular flexibility index (Phi) is 4.40. The molecular formula is C14H15ClN2O3S2. The van der Waals surface area contributed by atoms with E-state index in [1.807, 2.05) is 19.1 Å². The highest BCUT2D eigenvalue weighted by molar-refractivity contribution is 7.91. The van der Waals surface area contributed by atoms with Crippen LogP contribution in [0.4, 0.5) is 0 Å². The molecule has 8 heteroatoms. The zero-order chi connectivity index (χ0) is 15.7. The molecule has 2 aromatic rings. The van der Waals surface area contributed by atoms with Crippen molar-refractivity contribution in [1.29, 1.82) is 0 Å². The number of pyridine rings is 1. The van der Waals surface area contributed by atoms with Crippen LogP contribution in [0.15, 0.2) is 34.5 Å². The lowest BCUT2D eigenvalue weighted by atomic mass is 10.3. The van der Waals surface area contributed by atoms with Crippen LogP contribution < -0.4 is 4.74 Å². The summed E-state index contributed by atoms with van der Waals surface area (Å²) in [6.45, 7) is 2.65. The molecule has 1 atom stereocenters. The van der Waals surface area contributed by atoms with E-state index in [2.05, 4.69) is 4.98 Å². The number of sulfonamides is 1. The van der Waals surface area contributed by atoms with Gasteiger partial charge in [-0.1, -0.05) is 17.7 Å². The van der Waals surface area contributed by atoms with E-state index in [0.717, 1.165) is 17.0 Å². The molecular weight excluding hydrogens is 344 g/mol. The van der Waals surface area contributed by atoms with E-state index >= 15 is 0 Å². The molecule has 1 saturated heterocycles. The van der Waals surface area contributed by atoms with Gasteiger partial charge in [0.15, 0.2) is 0 Å². The number of halogens is 1. The number of hydrogen-bond acceptors (Lipinski definition) is 5. The van der Waals surface area contributed by atoms with Crippen LogP contribution in [-0.2, 0) is 10.0 Å². The molecule has 1 aliphatic heterocycles. The fourth-order valence-corrected chi connectivity index (χ4v) is 5.45. The normalized spacial score (nSPS) is 19.5. The number of thiophene rings is 1. The summed E-state index contributed by atoms with van der Waals surface area (Å²) in [5, 5.41) is 0. The van der Waals surface area contributed by atoms with Gasteiger partial charge in [-0.15, -0.1) is 11.3 Å². The van der Waals surface area contributed by atoms with Gasteiger partial charge in [0.05, 0.1) is 10.9 Å². The van der Waals surface area contributed by atoms with Gasteiger partial charge in [0.25, 0.3) is 10.0 Å². The molecule has 0 spiro atoms. The second-order valence-electron chi connectivity index (χ2n) is 5.07. The summed E-state index contributed by atoms with van der Waals surface area (Å²) in [5.41, 5.74) is 0.869. The van der Waals surface area contributed by atoms with Gasteiger partial charge in [-0.25, -0.2) is 13.4 Å². The summed E-state index contributed by atoms with van der Waals surface area (Å²) in [6.07, 6.45) is 0.466. The lowest BCUT2D eigenvalue weighted by Gasteiger charge is -2.16. The highest BCUT2D eigenvalue weighted by Gasteiger charge is 2.34. The molecule has 2 aromatic heterocycles. The third kappa shape index (κ3) is 3.27. The zero-order valence-corrected chi connectivity index (χ0v) is 14.3. The van der Waals surface area contributed by atoms with E-state index in [0.29, 0.717) is 29.7 Å². The van der Waals surface area contributed by atoms with E-state index < -0.39 is 10.0 Å². The monoisotopic (exact) mass is 358 g/mol. The van der Waals surface area contributed by atoms with Crippen LogP contribution in [0.1, 0.15) is 12.1 Å².